The van der Waals surface area contributed by atoms with Crippen LogP contribution in [0, 0.1) is 0 Å². The summed E-state index contributed by atoms with van der Waals surface area (Å²) in [5.41, 5.74) is 1.84. The molecule has 3 aromatic rings. The molecule has 6 heteroatoms. The van der Waals surface area contributed by atoms with E-state index >= 15 is 0 Å². The second-order valence-electron chi connectivity index (χ2n) is 6.51. The van der Waals surface area contributed by atoms with Crippen molar-refractivity contribution in [2.45, 2.75) is 31.8 Å². The van der Waals surface area contributed by atoms with Crippen LogP contribution in [0.2, 0.25) is 0 Å². The third kappa shape index (κ3) is 4.86. The molecule has 1 aromatic heterocycles. The van der Waals surface area contributed by atoms with Crippen molar-refractivity contribution < 1.29 is 9.53 Å². The molecule has 0 saturated heterocycles. The molecule has 2 amide bonds. The lowest BCUT2D eigenvalue weighted by atomic mass is 10.2. The normalized spacial score (nSPS) is 13.2. The number of urea groups is 1. The Balaban J connectivity index is 1.29. The first-order valence-corrected chi connectivity index (χ1v) is 9.93. The molecule has 1 aliphatic rings. The number of carbonyl (C=O) groups excluding carboxylic acids is 1. The zero-order valence-electron chi connectivity index (χ0n) is 14.9. The number of nitrogens with zero attached hydrogens (tertiary/aromatic N) is 1. The quantitative estimate of drug-likeness (QED) is 0.619. The second-order valence-corrected chi connectivity index (χ2v) is 7.40. The van der Waals surface area contributed by atoms with Crippen molar-refractivity contribution in [2.75, 3.05) is 0 Å². The molecule has 1 heterocycles. The van der Waals surface area contributed by atoms with Gasteiger partial charge in [0.05, 0.1) is 17.2 Å². The summed E-state index contributed by atoms with van der Waals surface area (Å²) in [5.74, 6) is 2.15. The zero-order valence-corrected chi connectivity index (χ0v) is 15.7. The van der Waals surface area contributed by atoms with Crippen molar-refractivity contribution in [3.8, 4) is 11.5 Å². The molecule has 2 aromatic carbocycles. The number of amides is 2. The van der Waals surface area contributed by atoms with Gasteiger partial charge in [-0.2, -0.15) is 0 Å². The Kier molecular flexibility index (Phi) is 5.34. The Hall–Kier alpha value is -2.86. The average Bonchev–Trinajstić information content (AvgIpc) is 3.44. The van der Waals surface area contributed by atoms with Gasteiger partial charge in [0.25, 0.3) is 0 Å². The van der Waals surface area contributed by atoms with Gasteiger partial charge in [0.1, 0.15) is 11.5 Å². The topological polar surface area (TPSA) is 63.2 Å². The Labute approximate surface area is 162 Å². The van der Waals surface area contributed by atoms with Crippen molar-refractivity contribution in [3.05, 3.63) is 76.2 Å². The van der Waals surface area contributed by atoms with E-state index in [0.717, 1.165) is 22.8 Å². The Morgan fingerprint density at radius 2 is 1.78 bits per heavy atom. The lowest BCUT2D eigenvalue weighted by Crippen LogP contribution is -2.34. The smallest absolute Gasteiger partial charge is 0.315 e. The highest BCUT2D eigenvalue weighted by Gasteiger charge is 2.26. The van der Waals surface area contributed by atoms with Crippen LogP contribution >= 0.6 is 11.3 Å². The first-order chi connectivity index (χ1) is 13.3. The minimum atomic E-state index is -0.217. The SMILES string of the molecule is O=C(NCc1csc(C2CC2)n1)NCc1ccccc1Oc1ccccc1. The van der Waals surface area contributed by atoms with E-state index in [2.05, 4.69) is 15.6 Å². The number of benzene rings is 2. The van der Waals surface area contributed by atoms with Crippen molar-refractivity contribution in [2.24, 2.45) is 0 Å². The fourth-order valence-corrected chi connectivity index (χ4v) is 3.69. The molecule has 1 aliphatic carbocycles. The number of para-hydroxylation sites is 2. The van der Waals surface area contributed by atoms with E-state index in [1.54, 1.807) is 11.3 Å². The molecule has 27 heavy (non-hydrogen) atoms. The summed E-state index contributed by atoms with van der Waals surface area (Å²) in [6.07, 6.45) is 2.48. The number of thiazole rings is 1. The van der Waals surface area contributed by atoms with Crippen LogP contribution in [-0.2, 0) is 13.1 Å². The Morgan fingerprint density at radius 1 is 1.04 bits per heavy atom. The van der Waals surface area contributed by atoms with Gasteiger partial charge in [-0.15, -0.1) is 11.3 Å². The minimum Gasteiger partial charge on any atom is -0.457 e. The number of aromatic nitrogens is 1. The Morgan fingerprint density at radius 3 is 2.59 bits per heavy atom. The van der Waals surface area contributed by atoms with E-state index in [0.29, 0.717) is 19.0 Å². The van der Waals surface area contributed by atoms with Gasteiger partial charge in [-0.3, -0.25) is 0 Å². The molecule has 2 N–H and O–H groups in total. The van der Waals surface area contributed by atoms with Crippen LogP contribution in [0.5, 0.6) is 11.5 Å². The fraction of sp³-hybridized carbons (Fsp3) is 0.238. The number of rotatable bonds is 7. The monoisotopic (exact) mass is 379 g/mol. The molecule has 0 aliphatic heterocycles. The van der Waals surface area contributed by atoms with Crippen molar-refractivity contribution >= 4 is 17.4 Å². The van der Waals surface area contributed by atoms with Gasteiger partial charge in [-0.25, -0.2) is 9.78 Å². The van der Waals surface area contributed by atoms with E-state index in [1.165, 1.54) is 17.8 Å². The van der Waals surface area contributed by atoms with Crippen LogP contribution in [0.4, 0.5) is 4.79 Å². The standard InChI is InChI=1S/C21H21N3O2S/c25-21(23-13-17-14-27-20(24-17)15-10-11-15)22-12-16-6-4-5-9-19(16)26-18-7-2-1-3-8-18/h1-9,14-15H,10-13H2,(H2,22,23,25). The predicted octanol–water partition coefficient (Wildman–Crippen LogP) is 4.81. The van der Waals surface area contributed by atoms with Crippen molar-refractivity contribution in [3.63, 3.8) is 0 Å². The van der Waals surface area contributed by atoms with Crippen LogP contribution < -0.4 is 15.4 Å². The van der Waals surface area contributed by atoms with Crippen LogP contribution in [0.15, 0.2) is 60.0 Å². The summed E-state index contributed by atoms with van der Waals surface area (Å²) in [4.78, 5) is 16.7. The van der Waals surface area contributed by atoms with Crippen molar-refractivity contribution in [1.29, 1.82) is 0 Å². The summed E-state index contributed by atoms with van der Waals surface area (Å²) in [5, 5.41) is 8.97. The summed E-state index contributed by atoms with van der Waals surface area (Å²) in [6.45, 7) is 0.830. The van der Waals surface area contributed by atoms with Gasteiger partial charge >= 0.3 is 6.03 Å². The molecule has 0 radical (unpaired) electrons. The lowest BCUT2D eigenvalue weighted by molar-refractivity contribution is 0.240. The first-order valence-electron chi connectivity index (χ1n) is 9.05. The molecule has 0 bridgehead atoms. The molecule has 5 nitrogen and oxygen atoms in total. The number of ether oxygens (including phenoxy) is 1. The molecule has 0 unspecified atom stereocenters. The fourth-order valence-electron chi connectivity index (χ4n) is 2.70. The Bertz CT molecular complexity index is 907. The molecule has 138 valence electrons. The highest BCUT2D eigenvalue weighted by molar-refractivity contribution is 7.09. The highest BCUT2D eigenvalue weighted by atomic mass is 32.1. The molecule has 0 spiro atoms. The third-order valence-corrected chi connectivity index (χ3v) is 5.37. The molecule has 1 fully saturated rings. The van der Waals surface area contributed by atoms with E-state index in [9.17, 15) is 4.79 Å². The van der Waals surface area contributed by atoms with Gasteiger partial charge < -0.3 is 15.4 Å². The zero-order chi connectivity index (χ0) is 18.5. The minimum absolute atomic E-state index is 0.217. The van der Waals surface area contributed by atoms with E-state index in [4.69, 9.17) is 4.74 Å². The number of hydrogen-bond donors (Lipinski definition) is 2. The summed E-state index contributed by atoms with van der Waals surface area (Å²) >= 11 is 1.69. The van der Waals surface area contributed by atoms with Crippen LogP contribution in [-0.4, -0.2) is 11.0 Å². The van der Waals surface area contributed by atoms with Gasteiger partial charge in [-0.05, 0) is 31.0 Å². The second kappa shape index (κ2) is 8.22. The maximum Gasteiger partial charge on any atom is 0.315 e. The summed E-state index contributed by atoms with van der Waals surface area (Å²) in [6, 6.07) is 17.1. The maximum absolute atomic E-state index is 12.1. The number of hydrogen-bond acceptors (Lipinski definition) is 4. The number of carbonyl (C=O) groups is 1. The number of nitrogens with one attached hydrogen (secondary N) is 2. The average molecular weight is 379 g/mol. The van der Waals surface area contributed by atoms with E-state index in [1.807, 2.05) is 60.0 Å². The summed E-state index contributed by atoms with van der Waals surface area (Å²) < 4.78 is 5.92. The van der Waals surface area contributed by atoms with E-state index in [-0.39, 0.29) is 6.03 Å². The van der Waals surface area contributed by atoms with E-state index < -0.39 is 0 Å². The molecular formula is C21H21N3O2S. The third-order valence-electron chi connectivity index (χ3n) is 4.31. The largest absolute Gasteiger partial charge is 0.457 e. The molecule has 0 atom stereocenters. The molecule has 1 saturated carbocycles. The predicted molar refractivity (Wildman–Crippen MR) is 106 cm³/mol. The highest BCUT2D eigenvalue weighted by Crippen LogP contribution is 2.41. The maximum atomic E-state index is 12.1. The van der Waals surface area contributed by atoms with Gasteiger partial charge in [0.15, 0.2) is 0 Å². The van der Waals surface area contributed by atoms with Gasteiger partial charge in [0.2, 0.25) is 0 Å². The van der Waals surface area contributed by atoms with Crippen LogP contribution in [0.25, 0.3) is 0 Å². The van der Waals surface area contributed by atoms with Crippen LogP contribution in [0.1, 0.15) is 35.0 Å². The first kappa shape index (κ1) is 17.5. The lowest BCUT2D eigenvalue weighted by Gasteiger charge is -2.12. The van der Waals surface area contributed by atoms with Gasteiger partial charge in [0, 0.05) is 23.4 Å². The van der Waals surface area contributed by atoms with Crippen molar-refractivity contribution in [1.82, 2.24) is 15.6 Å². The molecule has 4 rings (SSSR count). The molecular weight excluding hydrogens is 358 g/mol. The van der Waals surface area contributed by atoms with Crippen LogP contribution in [0.3, 0.4) is 0 Å². The van der Waals surface area contributed by atoms with Gasteiger partial charge in [-0.1, -0.05) is 36.4 Å². The summed E-state index contributed by atoms with van der Waals surface area (Å²) in [7, 11) is 0.